The molecule has 35 heavy (non-hydrogen) atoms. The van der Waals surface area contributed by atoms with E-state index in [1.54, 1.807) is 0 Å². The Morgan fingerprint density at radius 3 is 2.49 bits per heavy atom. The van der Waals surface area contributed by atoms with Gasteiger partial charge in [0, 0.05) is 50.5 Å². The molecule has 0 bridgehead atoms. The van der Waals surface area contributed by atoms with E-state index in [9.17, 15) is 0 Å². The summed E-state index contributed by atoms with van der Waals surface area (Å²) < 4.78 is 2.40. The molecule has 0 unspecified atom stereocenters. The second-order valence-corrected chi connectivity index (χ2v) is 12.0. The standard InChI is InChI=1S/C28H47N7/c1-24(2)20-32-16-8-28(9-17-32)10-18-33(23-28)14-5-15-34-19-13-31-27(34)22-35(25-6-3-4-7-25)21-26-29-11-12-30-26/h11-13,19,24-25H,3-10,14-18,20-23H2,1-2H3,(H,29,30). The molecule has 0 radical (unpaired) electrons. The van der Waals surface area contributed by atoms with Crippen molar-refractivity contribution in [1.82, 2.24) is 34.2 Å². The molecule has 5 rings (SSSR count). The molecule has 4 heterocycles. The predicted molar refractivity (Wildman–Crippen MR) is 141 cm³/mol. The highest BCUT2D eigenvalue weighted by Crippen LogP contribution is 2.40. The van der Waals surface area contributed by atoms with E-state index in [1.165, 1.54) is 96.5 Å². The van der Waals surface area contributed by atoms with Gasteiger partial charge in [-0.1, -0.05) is 26.7 Å². The highest BCUT2D eigenvalue weighted by molar-refractivity contribution is 4.97. The summed E-state index contributed by atoms with van der Waals surface area (Å²) in [6, 6.07) is 0.651. The fourth-order valence-electron chi connectivity index (χ4n) is 6.85. The van der Waals surface area contributed by atoms with Gasteiger partial charge in [-0.25, -0.2) is 9.97 Å². The van der Waals surface area contributed by atoms with Crippen molar-refractivity contribution in [2.45, 2.75) is 90.9 Å². The van der Waals surface area contributed by atoms with Crippen LogP contribution in [0.5, 0.6) is 0 Å². The van der Waals surface area contributed by atoms with Gasteiger partial charge < -0.3 is 19.4 Å². The Hall–Kier alpha value is -1.70. The molecule has 1 N–H and O–H groups in total. The molecule has 7 nitrogen and oxygen atoms in total. The first kappa shape index (κ1) is 25.0. The zero-order valence-electron chi connectivity index (χ0n) is 22.2. The Balaban J connectivity index is 1.09. The summed E-state index contributed by atoms with van der Waals surface area (Å²) in [5.74, 6) is 3.06. The van der Waals surface area contributed by atoms with Crippen molar-refractivity contribution in [3.63, 3.8) is 0 Å². The van der Waals surface area contributed by atoms with Crippen LogP contribution in [0.25, 0.3) is 0 Å². The first-order chi connectivity index (χ1) is 17.1. The number of likely N-dealkylation sites (tertiary alicyclic amines) is 2. The largest absolute Gasteiger partial charge is 0.348 e. The van der Waals surface area contributed by atoms with Crippen LogP contribution in [0.4, 0.5) is 0 Å². The second kappa shape index (κ2) is 11.6. The van der Waals surface area contributed by atoms with Gasteiger partial charge in [-0.15, -0.1) is 0 Å². The fraction of sp³-hybridized carbons (Fsp3) is 0.786. The van der Waals surface area contributed by atoms with Gasteiger partial charge in [0.15, 0.2) is 0 Å². The molecule has 3 aliphatic rings. The predicted octanol–water partition coefficient (Wildman–Crippen LogP) is 4.39. The van der Waals surface area contributed by atoms with Crippen LogP contribution in [-0.2, 0) is 19.6 Å². The SMILES string of the molecule is CC(C)CN1CCC2(CC1)CCN(CCCn1ccnc1CN(Cc1ncc[nH]1)C1CCCC1)C2. The Morgan fingerprint density at radius 2 is 1.77 bits per heavy atom. The van der Waals surface area contributed by atoms with Crippen LogP contribution in [0.15, 0.2) is 24.8 Å². The lowest BCUT2D eigenvalue weighted by Gasteiger charge is -2.40. The van der Waals surface area contributed by atoms with E-state index in [0.717, 1.165) is 31.4 Å². The number of imidazole rings is 2. The van der Waals surface area contributed by atoms with Gasteiger partial charge in [-0.2, -0.15) is 0 Å². The number of hydrogen-bond donors (Lipinski definition) is 1. The lowest BCUT2D eigenvalue weighted by Crippen LogP contribution is -2.42. The number of hydrogen-bond acceptors (Lipinski definition) is 5. The molecular formula is C28H47N7. The van der Waals surface area contributed by atoms with Crippen molar-refractivity contribution in [3.05, 3.63) is 36.4 Å². The topological polar surface area (TPSA) is 56.2 Å². The van der Waals surface area contributed by atoms with Gasteiger partial charge in [0.25, 0.3) is 0 Å². The molecule has 0 aromatic carbocycles. The van der Waals surface area contributed by atoms with Crippen LogP contribution in [0.1, 0.15) is 76.9 Å². The van der Waals surface area contributed by atoms with Crippen molar-refractivity contribution < 1.29 is 0 Å². The molecule has 2 saturated heterocycles. The second-order valence-electron chi connectivity index (χ2n) is 12.0. The average Bonchev–Trinajstić information content (AvgIpc) is 3.64. The first-order valence-corrected chi connectivity index (χ1v) is 14.3. The van der Waals surface area contributed by atoms with E-state index in [-0.39, 0.29) is 0 Å². The third-order valence-electron chi connectivity index (χ3n) is 8.83. The number of nitrogens with zero attached hydrogens (tertiary/aromatic N) is 6. The number of piperidine rings is 1. The summed E-state index contributed by atoms with van der Waals surface area (Å²) in [5, 5.41) is 0. The Bertz CT molecular complexity index is 875. The molecule has 2 aromatic rings. The Kier molecular flexibility index (Phi) is 8.25. The monoisotopic (exact) mass is 481 g/mol. The lowest BCUT2D eigenvalue weighted by atomic mass is 9.77. The summed E-state index contributed by atoms with van der Waals surface area (Å²) >= 11 is 0. The van der Waals surface area contributed by atoms with Crippen molar-refractivity contribution in [2.24, 2.45) is 11.3 Å². The molecule has 1 spiro atoms. The number of nitrogens with one attached hydrogen (secondary N) is 1. The van der Waals surface area contributed by atoms with Crippen LogP contribution >= 0.6 is 0 Å². The molecular weight excluding hydrogens is 434 g/mol. The quantitative estimate of drug-likeness (QED) is 0.516. The number of aromatic amines is 1. The number of rotatable bonds is 11. The Labute approximate surface area is 212 Å². The third-order valence-corrected chi connectivity index (χ3v) is 8.83. The normalized spacial score (nSPS) is 21.8. The smallest absolute Gasteiger partial charge is 0.122 e. The molecule has 2 aromatic heterocycles. The number of aromatic nitrogens is 4. The average molecular weight is 482 g/mol. The minimum absolute atomic E-state index is 0.598. The van der Waals surface area contributed by atoms with Gasteiger partial charge >= 0.3 is 0 Å². The van der Waals surface area contributed by atoms with Crippen LogP contribution in [0.3, 0.4) is 0 Å². The number of aryl methyl sites for hydroxylation is 1. The van der Waals surface area contributed by atoms with Gasteiger partial charge in [-0.05, 0) is 76.0 Å². The van der Waals surface area contributed by atoms with Crippen molar-refractivity contribution in [2.75, 3.05) is 39.3 Å². The fourth-order valence-corrected chi connectivity index (χ4v) is 6.85. The van der Waals surface area contributed by atoms with E-state index >= 15 is 0 Å². The van der Waals surface area contributed by atoms with Crippen LogP contribution in [0.2, 0.25) is 0 Å². The molecule has 2 aliphatic heterocycles. The zero-order valence-corrected chi connectivity index (χ0v) is 22.2. The maximum absolute atomic E-state index is 4.78. The van der Waals surface area contributed by atoms with E-state index < -0.39 is 0 Å². The molecule has 7 heteroatoms. The Morgan fingerprint density at radius 1 is 1.00 bits per heavy atom. The van der Waals surface area contributed by atoms with Crippen molar-refractivity contribution in [1.29, 1.82) is 0 Å². The van der Waals surface area contributed by atoms with Crippen LogP contribution in [-0.4, -0.2) is 79.5 Å². The molecule has 194 valence electrons. The molecule has 1 saturated carbocycles. The van der Waals surface area contributed by atoms with Crippen LogP contribution < -0.4 is 0 Å². The molecule has 3 fully saturated rings. The summed E-state index contributed by atoms with van der Waals surface area (Å²) in [7, 11) is 0. The van der Waals surface area contributed by atoms with E-state index in [2.05, 4.69) is 49.3 Å². The summed E-state index contributed by atoms with van der Waals surface area (Å²) in [5.41, 5.74) is 0.598. The summed E-state index contributed by atoms with van der Waals surface area (Å²) in [6.45, 7) is 15.3. The van der Waals surface area contributed by atoms with Gasteiger partial charge in [0.1, 0.15) is 11.6 Å². The third kappa shape index (κ3) is 6.55. The van der Waals surface area contributed by atoms with Crippen molar-refractivity contribution >= 4 is 0 Å². The molecule has 0 atom stereocenters. The summed E-state index contributed by atoms with van der Waals surface area (Å²) in [6.07, 6.45) is 18.7. The maximum atomic E-state index is 4.78. The highest BCUT2D eigenvalue weighted by Gasteiger charge is 2.40. The number of H-pyrrole nitrogens is 1. The first-order valence-electron chi connectivity index (χ1n) is 14.3. The van der Waals surface area contributed by atoms with Crippen LogP contribution in [0, 0.1) is 11.3 Å². The lowest BCUT2D eigenvalue weighted by molar-refractivity contribution is 0.0989. The van der Waals surface area contributed by atoms with E-state index in [0.29, 0.717) is 11.5 Å². The van der Waals surface area contributed by atoms with Gasteiger partial charge in [-0.3, -0.25) is 4.90 Å². The van der Waals surface area contributed by atoms with E-state index in [1.807, 2.05) is 18.6 Å². The van der Waals surface area contributed by atoms with E-state index in [4.69, 9.17) is 4.98 Å². The minimum atomic E-state index is 0.598. The summed E-state index contributed by atoms with van der Waals surface area (Å²) in [4.78, 5) is 20.6. The molecule has 1 aliphatic carbocycles. The molecule has 0 amide bonds. The van der Waals surface area contributed by atoms with Gasteiger partial charge in [0.05, 0.1) is 13.1 Å². The van der Waals surface area contributed by atoms with Crippen molar-refractivity contribution in [3.8, 4) is 0 Å². The highest BCUT2D eigenvalue weighted by atomic mass is 15.2. The maximum Gasteiger partial charge on any atom is 0.122 e. The zero-order chi connectivity index (χ0) is 24.1. The minimum Gasteiger partial charge on any atom is -0.348 e. The van der Waals surface area contributed by atoms with Gasteiger partial charge in [0.2, 0.25) is 0 Å².